The fourth-order valence-corrected chi connectivity index (χ4v) is 6.49. The third kappa shape index (κ3) is 4.51. The molecule has 0 fully saturated rings. The van der Waals surface area contributed by atoms with E-state index < -0.39 is 0 Å². The molecule has 2 aliphatic rings. The molecule has 0 amide bonds. The van der Waals surface area contributed by atoms with E-state index in [1.165, 1.54) is 27.8 Å². The highest BCUT2D eigenvalue weighted by atomic mass is 16.5. The number of nitrogens with one attached hydrogen (secondary N) is 2. The Hall–Kier alpha value is -3.28. The van der Waals surface area contributed by atoms with Crippen molar-refractivity contribution in [2.75, 3.05) is 13.2 Å². The first-order valence-corrected chi connectivity index (χ1v) is 13.8. The maximum atomic E-state index is 13.0. The summed E-state index contributed by atoms with van der Waals surface area (Å²) in [6, 6.07) is 6.39. The number of hydrogen-bond donors (Lipinski definition) is 2. The van der Waals surface area contributed by atoms with Gasteiger partial charge in [-0.3, -0.25) is 0 Å². The van der Waals surface area contributed by atoms with Crippen LogP contribution in [0, 0.1) is 13.8 Å². The van der Waals surface area contributed by atoms with E-state index in [2.05, 4.69) is 42.0 Å². The molecule has 3 aromatic rings. The largest absolute Gasteiger partial charge is 0.461 e. The number of aromatic nitrogens is 2. The quantitative estimate of drug-likeness (QED) is 0.374. The van der Waals surface area contributed by atoms with Crippen LogP contribution in [0.5, 0.6) is 0 Å². The Bertz CT molecular complexity index is 1230. The second-order valence-electron chi connectivity index (χ2n) is 10.3. The molecule has 2 heterocycles. The Balaban J connectivity index is 1.78. The lowest BCUT2D eigenvalue weighted by Gasteiger charge is -2.25. The molecule has 0 spiro atoms. The Morgan fingerprint density at radius 3 is 1.54 bits per heavy atom. The first kappa shape index (κ1) is 25.4. The predicted octanol–water partition coefficient (Wildman–Crippen LogP) is 6.25. The zero-order valence-corrected chi connectivity index (χ0v) is 22.5. The number of esters is 2. The van der Waals surface area contributed by atoms with Crippen LogP contribution in [0.1, 0.15) is 117 Å². The minimum atomic E-state index is -0.284. The van der Waals surface area contributed by atoms with E-state index in [4.69, 9.17) is 9.47 Å². The minimum Gasteiger partial charge on any atom is -0.461 e. The molecular weight excluding hydrogens is 464 g/mol. The van der Waals surface area contributed by atoms with Crippen LogP contribution in [0.2, 0.25) is 0 Å². The number of hydrogen-bond acceptors (Lipinski definition) is 4. The third-order valence-corrected chi connectivity index (χ3v) is 8.08. The Morgan fingerprint density at radius 2 is 1.14 bits per heavy atom. The van der Waals surface area contributed by atoms with E-state index >= 15 is 0 Å². The number of benzene rings is 1. The van der Waals surface area contributed by atoms with Crippen LogP contribution in [0.25, 0.3) is 0 Å². The summed E-state index contributed by atoms with van der Waals surface area (Å²) in [7, 11) is 0. The van der Waals surface area contributed by atoms with Crippen LogP contribution in [0.4, 0.5) is 0 Å². The summed E-state index contributed by atoms with van der Waals surface area (Å²) in [5.41, 5.74) is 11.6. The molecule has 0 saturated carbocycles. The SMILES string of the molecule is CCOC(=O)c1[nH]c(C(c2[nH]c(C(=O)OCC)c3c2CCCC3)c2c(C)cccc2C)c2c1CCCC2. The van der Waals surface area contributed by atoms with Gasteiger partial charge in [-0.2, -0.15) is 0 Å². The average molecular weight is 503 g/mol. The molecule has 0 aliphatic heterocycles. The molecule has 0 unspecified atom stereocenters. The maximum Gasteiger partial charge on any atom is 0.355 e. The molecule has 0 saturated heterocycles. The van der Waals surface area contributed by atoms with Gasteiger partial charge in [-0.05, 0) is 118 Å². The summed E-state index contributed by atoms with van der Waals surface area (Å²) in [6.45, 7) is 8.67. The van der Waals surface area contributed by atoms with Crippen molar-refractivity contribution in [1.29, 1.82) is 0 Å². The first-order valence-electron chi connectivity index (χ1n) is 13.8. The monoisotopic (exact) mass is 502 g/mol. The van der Waals surface area contributed by atoms with Crippen LogP contribution in [-0.4, -0.2) is 35.1 Å². The lowest BCUT2D eigenvalue weighted by molar-refractivity contribution is 0.0509. The van der Waals surface area contributed by atoms with Crippen LogP contribution in [0.3, 0.4) is 0 Å². The number of ether oxygens (including phenoxy) is 2. The smallest absolute Gasteiger partial charge is 0.355 e. The van der Waals surface area contributed by atoms with Crippen molar-refractivity contribution >= 4 is 11.9 Å². The van der Waals surface area contributed by atoms with Crippen LogP contribution in [0.15, 0.2) is 18.2 Å². The van der Waals surface area contributed by atoms with E-state index in [-0.39, 0.29) is 17.9 Å². The van der Waals surface area contributed by atoms with E-state index in [1.807, 2.05) is 13.8 Å². The first-order chi connectivity index (χ1) is 18.0. The van der Waals surface area contributed by atoms with E-state index in [0.717, 1.165) is 73.9 Å². The highest BCUT2D eigenvalue weighted by molar-refractivity contribution is 5.91. The topological polar surface area (TPSA) is 84.2 Å². The van der Waals surface area contributed by atoms with Crippen molar-refractivity contribution in [3.8, 4) is 0 Å². The Labute approximate surface area is 219 Å². The van der Waals surface area contributed by atoms with Crippen LogP contribution < -0.4 is 0 Å². The van der Waals surface area contributed by atoms with Gasteiger partial charge in [-0.1, -0.05) is 18.2 Å². The van der Waals surface area contributed by atoms with Crippen molar-refractivity contribution in [2.24, 2.45) is 0 Å². The van der Waals surface area contributed by atoms with Gasteiger partial charge in [-0.15, -0.1) is 0 Å². The Kier molecular flexibility index (Phi) is 7.27. The molecule has 2 aromatic heterocycles. The molecule has 2 aliphatic carbocycles. The second-order valence-corrected chi connectivity index (χ2v) is 10.3. The molecule has 6 heteroatoms. The van der Waals surface area contributed by atoms with Gasteiger partial charge in [0.15, 0.2) is 0 Å². The fraction of sp³-hybridized carbons (Fsp3) is 0.484. The summed E-state index contributed by atoms with van der Waals surface area (Å²) in [5, 5.41) is 0. The van der Waals surface area contributed by atoms with Gasteiger partial charge in [-0.25, -0.2) is 9.59 Å². The van der Waals surface area contributed by atoms with Crippen LogP contribution >= 0.6 is 0 Å². The van der Waals surface area contributed by atoms with Gasteiger partial charge >= 0.3 is 11.9 Å². The molecule has 0 atom stereocenters. The average Bonchev–Trinajstić information content (AvgIpc) is 3.46. The number of rotatable bonds is 7. The standard InChI is InChI=1S/C31H38N2O4/c1-5-36-30(34)28-22-16-9-7-14-20(22)26(32-28)25(24-18(3)12-11-13-19(24)4)27-21-15-8-10-17-23(21)29(33-27)31(35)37-6-2/h11-13,25,32-33H,5-10,14-17H2,1-4H3. The second kappa shape index (κ2) is 10.6. The van der Waals surface area contributed by atoms with Crippen molar-refractivity contribution < 1.29 is 19.1 Å². The van der Waals surface area contributed by atoms with E-state index in [9.17, 15) is 9.59 Å². The molecule has 1 aromatic carbocycles. The molecule has 196 valence electrons. The van der Waals surface area contributed by atoms with E-state index in [1.54, 1.807) is 0 Å². The fourth-order valence-electron chi connectivity index (χ4n) is 6.49. The highest BCUT2D eigenvalue weighted by Crippen LogP contribution is 2.44. The summed E-state index contributed by atoms with van der Waals surface area (Å²) < 4.78 is 10.9. The summed E-state index contributed by atoms with van der Waals surface area (Å²) in [5.74, 6) is -0.716. The van der Waals surface area contributed by atoms with Gasteiger partial charge in [0.05, 0.1) is 19.1 Å². The zero-order valence-electron chi connectivity index (χ0n) is 22.5. The lowest BCUT2D eigenvalue weighted by Crippen LogP contribution is -2.14. The lowest BCUT2D eigenvalue weighted by atomic mass is 9.79. The normalized spacial score (nSPS) is 14.8. The number of carbonyl (C=O) groups is 2. The number of aryl methyl sites for hydroxylation is 2. The molecule has 0 bridgehead atoms. The van der Waals surface area contributed by atoms with Gasteiger partial charge in [0.1, 0.15) is 11.4 Å². The maximum absolute atomic E-state index is 13.0. The number of aromatic amines is 2. The number of fused-ring (bicyclic) bond motifs is 2. The molecule has 0 radical (unpaired) electrons. The molecule has 6 nitrogen and oxygen atoms in total. The molecule has 37 heavy (non-hydrogen) atoms. The van der Waals surface area contributed by atoms with Crippen LogP contribution in [-0.2, 0) is 35.2 Å². The minimum absolute atomic E-state index is 0.147. The third-order valence-electron chi connectivity index (χ3n) is 8.08. The van der Waals surface area contributed by atoms with Gasteiger partial charge < -0.3 is 19.4 Å². The Morgan fingerprint density at radius 1 is 0.730 bits per heavy atom. The van der Waals surface area contributed by atoms with Crippen molar-refractivity contribution in [3.63, 3.8) is 0 Å². The number of H-pyrrole nitrogens is 2. The molecule has 5 rings (SSSR count). The molecular formula is C31H38N2O4. The van der Waals surface area contributed by atoms with Gasteiger partial charge in [0.2, 0.25) is 0 Å². The zero-order chi connectivity index (χ0) is 26.1. The summed E-state index contributed by atoms with van der Waals surface area (Å²) >= 11 is 0. The summed E-state index contributed by atoms with van der Waals surface area (Å²) in [6.07, 6.45) is 7.91. The van der Waals surface area contributed by atoms with Crippen molar-refractivity contribution in [1.82, 2.24) is 9.97 Å². The molecule has 2 N–H and O–H groups in total. The number of carbonyl (C=O) groups excluding carboxylic acids is 2. The van der Waals surface area contributed by atoms with Gasteiger partial charge in [0.25, 0.3) is 0 Å². The van der Waals surface area contributed by atoms with Gasteiger partial charge in [0, 0.05) is 11.4 Å². The predicted molar refractivity (Wildman–Crippen MR) is 144 cm³/mol. The van der Waals surface area contributed by atoms with Crippen molar-refractivity contribution in [2.45, 2.75) is 85.0 Å². The van der Waals surface area contributed by atoms with E-state index in [0.29, 0.717) is 24.6 Å². The summed E-state index contributed by atoms with van der Waals surface area (Å²) in [4.78, 5) is 33.2. The highest BCUT2D eigenvalue weighted by Gasteiger charge is 2.36. The van der Waals surface area contributed by atoms with Crippen molar-refractivity contribution in [3.05, 3.63) is 79.9 Å².